The highest BCUT2D eigenvalue weighted by Crippen LogP contribution is 2.44. The van der Waals surface area contributed by atoms with Gasteiger partial charge in [-0.3, -0.25) is 14.2 Å². The molecule has 0 saturated heterocycles. The van der Waals surface area contributed by atoms with E-state index in [4.69, 9.17) is 10.5 Å². The van der Waals surface area contributed by atoms with Gasteiger partial charge in [0.2, 0.25) is 0 Å². The third kappa shape index (κ3) is 3.92. The number of aromatic nitrogens is 4. The van der Waals surface area contributed by atoms with Crippen molar-refractivity contribution >= 4 is 28.3 Å². The highest BCUT2D eigenvalue weighted by molar-refractivity contribution is 5.98. The Hall–Kier alpha value is -4.67. The summed E-state index contributed by atoms with van der Waals surface area (Å²) in [5.41, 5.74) is 9.50. The monoisotopic (exact) mass is 530 g/mol. The number of ether oxygens (including phenoxy) is 1. The highest BCUT2D eigenvalue weighted by atomic mass is 19.4. The van der Waals surface area contributed by atoms with Gasteiger partial charge >= 0.3 is 6.18 Å². The van der Waals surface area contributed by atoms with Crippen molar-refractivity contribution in [3.63, 3.8) is 0 Å². The van der Waals surface area contributed by atoms with Crippen molar-refractivity contribution in [2.24, 2.45) is 0 Å². The molecule has 0 spiro atoms. The number of carbonyl (C=O) groups is 1. The number of carbonyl (C=O) groups excluding carboxylic acids is 1. The summed E-state index contributed by atoms with van der Waals surface area (Å²) in [6.45, 7) is 0.263. The molecule has 39 heavy (non-hydrogen) atoms. The number of hydrogen-bond acceptors (Lipinski definition) is 6. The number of pyridine rings is 1. The molecule has 2 N–H and O–H groups in total. The normalized spacial score (nSPS) is 16.8. The summed E-state index contributed by atoms with van der Waals surface area (Å²) >= 11 is 0. The van der Waals surface area contributed by atoms with Gasteiger partial charge in [-0.25, -0.2) is 9.97 Å². The van der Waals surface area contributed by atoms with Crippen LogP contribution in [0.25, 0.3) is 27.7 Å². The first-order valence-corrected chi connectivity index (χ1v) is 12.4. The number of alkyl halides is 3. The van der Waals surface area contributed by atoms with Crippen LogP contribution >= 0.6 is 0 Å². The minimum atomic E-state index is -4.48. The zero-order chi connectivity index (χ0) is 26.9. The van der Waals surface area contributed by atoms with Gasteiger partial charge in [0, 0.05) is 35.1 Å². The van der Waals surface area contributed by atoms with Crippen molar-refractivity contribution in [1.82, 2.24) is 24.3 Å². The maximum Gasteiger partial charge on any atom is 0.417 e. The lowest BCUT2D eigenvalue weighted by molar-refractivity contribution is -0.137. The van der Waals surface area contributed by atoms with E-state index in [9.17, 15) is 18.0 Å². The van der Waals surface area contributed by atoms with Gasteiger partial charge in [-0.2, -0.15) is 13.2 Å². The summed E-state index contributed by atoms with van der Waals surface area (Å²) in [5.74, 6) is 0.780. The lowest BCUT2D eigenvalue weighted by Gasteiger charge is -2.28. The Labute approximate surface area is 219 Å². The van der Waals surface area contributed by atoms with Gasteiger partial charge < -0.3 is 15.4 Å². The Morgan fingerprint density at radius 1 is 1.00 bits per heavy atom. The molecule has 8 nitrogen and oxygen atoms in total. The third-order valence-corrected chi connectivity index (χ3v) is 7.30. The van der Waals surface area contributed by atoms with Crippen molar-refractivity contribution in [2.75, 3.05) is 12.3 Å². The second-order valence-corrected chi connectivity index (χ2v) is 9.83. The first-order chi connectivity index (χ1) is 18.8. The van der Waals surface area contributed by atoms with E-state index in [0.717, 1.165) is 36.2 Å². The number of amides is 1. The lowest BCUT2D eigenvalue weighted by Crippen LogP contribution is -2.37. The molecule has 0 radical (unpaired) electrons. The molecule has 1 saturated carbocycles. The van der Waals surface area contributed by atoms with Crippen molar-refractivity contribution in [2.45, 2.75) is 31.1 Å². The molecule has 2 aliphatic rings. The fraction of sp³-hybridized carbons (Fsp3) is 0.214. The van der Waals surface area contributed by atoms with E-state index in [-0.39, 0.29) is 24.6 Å². The van der Waals surface area contributed by atoms with Crippen LogP contribution in [-0.2, 0) is 6.18 Å². The van der Waals surface area contributed by atoms with E-state index in [1.807, 2.05) is 15.4 Å². The van der Waals surface area contributed by atoms with Gasteiger partial charge in [0.15, 0.2) is 0 Å². The summed E-state index contributed by atoms with van der Waals surface area (Å²) < 4.78 is 47.4. The minimum absolute atomic E-state index is 0.0814. The molecular formula is C28H21F3N6O2. The zero-order valence-electron chi connectivity index (χ0n) is 20.4. The van der Waals surface area contributed by atoms with Crippen molar-refractivity contribution in [3.05, 3.63) is 84.1 Å². The van der Waals surface area contributed by atoms with Crippen LogP contribution in [-0.4, -0.2) is 42.8 Å². The second-order valence-electron chi connectivity index (χ2n) is 9.83. The van der Waals surface area contributed by atoms with E-state index < -0.39 is 11.7 Å². The number of hydrogen-bond donors (Lipinski definition) is 1. The quantitative estimate of drug-likeness (QED) is 0.339. The number of imidazole rings is 1. The van der Waals surface area contributed by atoms with E-state index in [2.05, 4.69) is 15.0 Å². The van der Waals surface area contributed by atoms with Gasteiger partial charge in [0.1, 0.15) is 23.7 Å². The summed E-state index contributed by atoms with van der Waals surface area (Å²) in [5, 5.41) is 0. The summed E-state index contributed by atoms with van der Waals surface area (Å²) in [4.78, 5) is 28.1. The molecule has 1 atom stereocenters. The number of benzene rings is 2. The smallest absolute Gasteiger partial charge is 0.417 e. The summed E-state index contributed by atoms with van der Waals surface area (Å²) in [6.07, 6.45) is 2.76. The highest BCUT2D eigenvalue weighted by Gasteiger charge is 2.42. The Morgan fingerprint density at radius 3 is 2.64 bits per heavy atom. The topological polar surface area (TPSA) is 98.6 Å². The van der Waals surface area contributed by atoms with Gasteiger partial charge in [-0.1, -0.05) is 12.1 Å². The zero-order valence-corrected chi connectivity index (χ0v) is 20.4. The lowest BCUT2D eigenvalue weighted by atomic mass is 10.00. The Balaban J connectivity index is 1.23. The minimum Gasteiger partial charge on any atom is -0.491 e. The average Bonchev–Trinajstić information content (AvgIpc) is 3.47. The van der Waals surface area contributed by atoms with Crippen LogP contribution in [0, 0.1) is 0 Å². The van der Waals surface area contributed by atoms with Crippen molar-refractivity contribution in [1.29, 1.82) is 0 Å². The van der Waals surface area contributed by atoms with E-state index >= 15 is 0 Å². The molecule has 1 aliphatic heterocycles. The summed E-state index contributed by atoms with van der Waals surface area (Å²) in [7, 11) is 0. The number of nitrogens with zero attached hydrogens (tertiary/aromatic N) is 5. The molecule has 3 aromatic heterocycles. The Kier molecular flexibility index (Phi) is 5.06. The largest absolute Gasteiger partial charge is 0.491 e. The van der Waals surface area contributed by atoms with Crippen LogP contribution in [0.1, 0.15) is 40.4 Å². The Morgan fingerprint density at radius 2 is 1.85 bits per heavy atom. The SMILES string of the molecule is Nc1nc2ccc(C(=O)N(C3CC3)[C@@H]3COc4cc(-c5cncc(C(F)(F)F)c5)ccc43)cc2n2cncc12. The van der Waals surface area contributed by atoms with E-state index in [0.29, 0.717) is 39.3 Å². The second kappa shape index (κ2) is 8.42. The van der Waals surface area contributed by atoms with Crippen LogP contribution in [0.3, 0.4) is 0 Å². The van der Waals surface area contributed by atoms with E-state index in [1.165, 1.54) is 6.20 Å². The maximum atomic E-state index is 13.9. The molecule has 7 rings (SSSR count). The Bertz CT molecular complexity index is 1780. The van der Waals surface area contributed by atoms with Crippen LogP contribution < -0.4 is 10.5 Å². The van der Waals surface area contributed by atoms with Gasteiger partial charge in [-0.15, -0.1) is 0 Å². The van der Waals surface area contributed by atoms with Crippen molar-refractivity contribution in [3.8, 4) is 16.9 Å². The molecule has 1 fully saturated rings. The third-order valence-electron chi connectivity index (χ3n) is 7.30. The number of nitrogen functional groups attached to an aromatic ring is 1. The number of halogens is 3. The van der Waals surface area contributed by atoms with Crippen LogP contribution in [0.2, 0.25) is 0 Å². The van der Waals surface area contributed by atoms with Gasteiger partial charge in [-0.05, 0) is 48.7 Å². The number of rotatable bonds is 4. The van der Waals surface area contributed by atoms with Crippen LogP contribution in [0.5, 0.6) is 5.75 Å². The molecule has 1 amide bonds. The number of anilines is 1. The number of fused-ring (bicyclic) bond motifs is 4. The number of nitrogens with two attached hydrogens (primary N) is 1. The van der Waals surface area contributed by atoms with Crippen molar-refractivity contribution < 1.29 is 22.7 Å². The van der Waals surface area contributed by atoms with Gasteiger partial charge in [0.25, 0.3) is 5.91 Å². The molecule has 4 heterocycles. The molecule has 11 heteroatoms. The van der Waals surface area contributed by atoms with Gasteiger partial charge in [0.05, 0.1) is 35.2 Å². The maximum absolute atomic E-state index is 13.9. The van der Waals surface area contributed by atoms with Crippen LogP contribution in [0.4, 0.5) is 19.0 Å². The molecular weight excluding hydrogens is 509 g/mol. The molecule has 196 valence electrons. The average molecular weight is 531 g/mol. The summed E-state index contributed by atoms with van der Waals surface area (Å²) in [6, 6.07) is 11.4. The molecule has 1 aliphatic carbocycles. The molecule has 5 aromatic rings. The van der Waals surface area contributed by atoms with Crippen LogP contribution in [0.15, 0.2) is 67.4 Å². The predicted molar refractivity (Wildman–Crippen MR) is 137 cm³/mol. The first-order valence-electron chi connectivity index (χ1n) is 12.4. The fourth-order valence-electron chi connectivity index (χ4n) is 5.23. The predicted octanol–water partition coefficient (Wildman–Crippen LogP) is 5.28. The molecule has 0 unspecified atom stereocenters. The first kappa shape index (κ1) is 23.4. The standard InChI is InChI=1S/C28H21F3N6O2/c29-28(30,31)18-7-17(10-33-11-18)15-1-5-20-24(13-39-25(20)9-15)37(19-3-4-19)27(38)16-2-6-21-22(8-16)36-14-34-12-23(36)26(32)35-21/h1-2,5-12,14,19,24H,3-4,13H2,(H2,32,35)/t24-/m1/s1. The molecule has 2 aromatic carbocycles. The fourth-order valence-corrected chi connectivity index (χ4v) is 5.23. The van der Waals surface area contributed by atoms with E-state index in [1.54, 1.807) is 42.9 Å². The molecule has 0 bridgehead atoms.